The van der Waals surface area contributed by atoms with Gasteiger partial charge in [-0.1, -0.05) is 15.9 Å². The lowest BCUT2D eigenvalue weighted by molar-refractivity contribution is 0.0944. The maximum absolute atomic E-state index is 13.5. The van der Waals surface area contributed by atoms with E-state index in [2.05, 4.69) is 26.6 Å². The molecule has 0 aromatic heterocycles. The standard InChI is InChI=1S/C12H14BrFN2O/c13-9-1-2-10(11(14)5-9)12(17)16-7-8-3-4-15-6-8/h1-2,5,8,15H,3-4,6-7H2,(H,16,17). The molecule has 1 atom stereocenters. The van der Waals surface area contributed by atoms with Crippen LogP contribution in [0.4, 0.5) is 4.39 Å². The molecule has 0 saturated carbocycles. The second kappa shape index (κ2) is 5.60. The molecule has 1 fully saturated rings. The van der Waals surface area contributed by atoms with Crippen molar-refractivity contribution in [2.45, 2.75) is 6.42 Å². The lowest BCUT2D eigenvalue weighted by Crippen LogP contribution is -2.30. The Kier molecular flexibility index (Phi) is 4.12. The average molecular weight is 301 g/mol. The number of nitrogens with one attached hydrogen (secondary N) is 2. The van der Waals surface area contributed by atoms with Gasteiger partial charge in [0.05, 0.1) is 5.56 Å². The molecule has 0 bridgehead atoms. The summed E-state index contributed by atoms with van der Waals surface area (Å²) in [5, 5.41) is 5.99. The number of carbonyl (C=O) groups excluding carboxylic acids is 1. The van der Waals surface area contributed by atoms with Crippen molar-refractivity contribution >= 4 is 21.8 Å². The molecule has 1 aromatic rings. The lowest BCUT2D eigenvalue weighted by atomic mass is 10.1. The van der Waals surface area contributed by atoms with Crippen LogP contribution in [0.15, 0.2) is 22.7 Å². The van der Waals surface area contributed by atoms with Crippen LogP contribution in [0.2, 0.25) is 0 Å². The summed E-state index contributed by atoms with van der Waals surface area (Å²) < 4.78 is 14.1. The first-order valence-corrected chi connectivity index (χ1v) is 6.40. The molecule has 0 radical (unpaired) electrons. The molecule has 17 heavy (non-hydrogen) atoms. The van der Waals surface area contributed by atoms with Crippen molar-refractivity contribution in [3.8, 4) is 0 Å². The van der Waals surface area contributed by atoms with E-state index in [0.717, 1.165) is 19.5 Å². The molecule has 1 unspecified atom stereocenters. The number of benzene rings is 1. The molecule has 1 heterocycles. The van der Waals surface area contributed by atoms with E-state index >= 15 is 0 Å². The van der Waals surface area contributed by atoms with Crippen LogP contribution >= 0.6 is 15.9 Å². The molecule has 1 amide bonds. The quantitative estimate of drug-likeness (QED) is 0.895. The summed E-state index contributed by atoms with van der Waals surface area (Å²) in [7, 11) is 0. The average Bonchev–Trinajstić information content (AvgIpc) is 2.78. The van der Waals surface area contributed by atoms with Gasteiger partial charge in [0, 0.05) is 11.0 Å². The minimum Gasteiger partial charge on any atom is -0.352 e. The zero-order valence-electron chi connectivity index (χ0n) is 9.30. The predicted octanol–water partition coefficient (Wildman–Crippen LogP) is 1.93. The zero-order chi connectivity index (χ0) is 12.3. The highest BCUT2D eigenvalue weighted by atomic mass is 79.9. The summed E-state index contributed by atoms with van der Waals surface area (Å²) >= 11 is 3.16. The normalized spacial score (nSPS) is 19.3. The van der Waals surface area contributed by atoms with Crippen LogP contribution in [0.3, 0.4) is 0 Å². The molecule has 2 N–H and O–H groups in total. The number of amides is 1. The van der Waals surface area contributed by atoms with Gasteiger partial charge in [-0.05, 0) is 43.6 Å². The SMILES string of the molecule is O=C(NCC1CCNC1)c1ccc(Br)cc1F. The van der Waals surface area contributed by atoms with Gasteiger partial charge >= 0.3 is 0 Å². The van der Waals surface area contributed by atoms with Gasteiger partial charge < -0.3 is 10.6 Å². The molecular weight excluding hydrogens is 287 g/mol. The maximum atomic E-state index is 13.5. The fourth-order valence-corrected chi connectivity index (χ4v) is 2.23. The Balaban J connectivity index is 1.94. The Labute approximate surface area is 108 Å². The van der Waals surface area contributed by atoms with Crippen molar-refractivity contribution in [3.63, 3.8) is 0 Å². The molecule has 0 spiro atoms. The number of carbonyl (C=O) groups is 1. The van der Waals surface area contributed by atoms with Gasteiger partial charge in [-0.2, -0.15) is 0 Å². The minimum absolute atomic E-state index is 0.0964. The molecule has 1 aliphatic heterocycles. The Hall–Kier alpha value is -0.940. The Bertz CT molecular complexity index is 419. The zero-order valence-corrected chi connectivity index (χ0v) is 10.9. The molecule has 1 aromatic carbocycles. The van der Waals surface area contributed by atoms with Crippen LogP contribution in [0.1, 0.15) is 16.8 Å². The van der Waals surface area contributed by atoms with Crippen LogP contribution in [-0.2, 0) is 0 Å². The van der Waals surface area contributed by atoms with Crippen molar-refractivity contribution in [2.75, 3.05) is 19.6 Å². The van der Waals surface area contributed by atoms with E-state index in [1.54, 1.807) is 6.07 Å². The molecule has 2 rings (SSSR count). The fraction of sp³-hybridized carbons (Fsp3) is 0.417. The van der Waals surface area contributed by atoms with Crippen LogP contribution in [0, 0.1) is 11.7 Å². The number of hydrogen-bond donors (Lipinski definition) is 2. The minimum atomic E-state index is -0.499. The second-order valence-electron chi connectivity index (χ2n) is 4.19. The van der Waals surface area contributed by atoms with Crippen LogP contribution in [-0.4, -0.2) is 25.5 Å². The van der Waals surface area contributed by atoms with Gasteiger partial charge in [-0.15, -0.1) is 0 Å². The van der Waals surface area contributed by atoms with Crippen molar-refractivity contribution in [2.24, 2.45) is 5.92 Å². The summed E-state index contributed by atoms with van der Waals surface area (Å²) in [4.78, 5) is 11.7. The van der Waals surface area contributed by atoms with E-state index in [1.165, 1.54) is 12.1 Å². The lowest BCUT2D eigenvalue weighted by Gasteiger charge is -2.10. The van der Waals surface area contributed by atoms with Gasteiger partial charge in [0.15, 0.2) is 0 Å². The maximum Gasteiger partial charge on any atom is 0.254 e. The number of halogens is 2. The van der Waals surface area contributed by atoms with E-state index in [9.17, 15) is 9.18 Å². The highest BCUT2D eigenvalue weighted by molar-refractivity contribution is 9.10. The van der Waals surface area contributed by atoms with E-state index in [1.807, 2.05) is 0 Å². The third-order valence-electron chi connectivity index (χ3n) is 2.89. The summed E-state index contributed by atoms with van der Waals surface area (Å²) in [6.07, 6.45) is 1.06. The first-order valence-electron chi connectivity index (χ1n) is 5.61. The number of rotatable bonds is 3. The van der Waals surface area contributed by atoms with Crippen LogP contribution in [0.25, 0.3) is 0 Å². The first-order chi connectivity index (χ1) is 8.16. The largest absolute Gasteiger partial charge is 0.352 e. The Morgan fingerprint density at radius 3 is 3.06 bits per heavy atom. The second-order valence-corrected chi connectivity index (χ2v) is 5.11. The highest BCUT2D eigenvalue weighted by Gasteiger charge is 2.17. The monoisotopic (exact) mass is 300 g/mol. The van der Waals surface area contributed by atoms with Crippen LogP contribution < -0.4 is 10.6 Å². The third-order valence-corrected chi connectivity index (χ3v) is 3.38. The van der Waals surface area contributed by atoms with E-state index in [-0.39, 0.29) is 11.5 Å². The molecule has 1 aliphatic rings. The molecule has 1 saturated heterocycles. The van der Waals surface area contributed by atoms with Crippen molar-refractivity contribution in [1.29, 1.82) is 0 Å². The topological polar surface area (TPSA) is 41.1 Å². The van der Waals surface area contributed by atoms with Gasteiger partial charge in [0.25, 0.3) is 5.91 Å². The van der Waals surface area contributed by atoms with Gasteiger partial charge in [-0.3, -0.25) is 4.79 Å². The van der Waals surface area contributed by atoms with E-state index in [4.69, 9.17) is 0 Å². The smallest absolute Gasteiger partial charge is 0.254 e. The highest BCUT2D eigenvalue weighted by Crippen LogP contribution is 2.15. The summed E-state index contributed by atoms with van der Waals surface area (Å²) in [5.41, 5.74) is 0.0964. The molecule has 0 aliphatic carbocycles. The Morgan fingerprint density at radius 1 is 1.59 bits per heavy atom. The van der Waals surface area contributed by atoms with Crippen LogP contribution in [0.5, 0.6) is 0 Å². The molecular formula is C12H14BrFN2O. The summed E-state index contributed by atoms with van der Waals surface area (Å²) in [5.74, 6) is -0.388. The van der Waals surface area contributed by atoms with Crippen molar-refractivity contribution < 1.29 is 9.18 Å². The predicted molar refractivity (Wildman–Crippen MR) is 67.4 cm³/mol. The fourth-order valence-electron chi connectivity index (χ4n) is 1.89. The van der Waals surface area contributed by atoms with Crippen molar-refractivity contribution in [1.82, 2.24) is 10.6 Å². The summed E-state index contributed by atoms with van der Waals surface area (Å²) in [6.45, 7) is 2.51. The molecule has 3 nitrogen and oxygen atoms in total. The third kappa shape index (κ3) is 3.26. The van der Waals surface area contributed by atoms with E-state index < -0.39 is 5.82 Å². The van der Waals surface area contributed by atoms with E-state index in [0.29, 0.717) is 16.9 Å². The van der Waals surface area contributed by atoms with Crippen molar-refractivity contribution in [3.05, 3.63) is 34.1 Å². The van der Waals surface area contributed by atoms with Gasteiger partial charge in [-0.25, -0.2) is 4.39 Å². The van der Waals surface area contributed by atoms with Gasteiger partial charge in [0.2, 0.25) is 0 Å². The summed E-state index contributed by atoms with van der Waals surface area (Å²) in [6, 6.07) is 4.45. The van der Waals surface area contributed by atoms with Gasteiger partial charge in [0.1, 0.15) is 5.82 Å². The first kappa shape index (κ1) is 12.5. The molecule has 92 valence electrons. The Morgan fingerprint density at radius 2 is 2.41 bits per heavy atom. The molecule has 5 heteroatoms. The number of hydrogen-bond acceptors (Lipinski definition) is 2.